The topological polar surface area (TPSA) is 80.3 Å². The number of pyridine rings is 1. The first-order chi connectivity index (χ1) is 16.0. The number of carbonyl (C=O) groups excluding carboxylic acids is 2. The fourth-order valence-corrected chi connectivity index (χ4v) is 3.77. The van der Waals surface area contributed by atoms with Crippen molar-refractivity contribution < 1.29 is 18.7 Å². The molecule has 4 aromatic rings. The highest BCUT2D eigenvalue weighted by atomic mass is 19.1. The number of fused-ring (bicyclic) bond motifs is 2. The van der Waals surface area contributed by atoms with E-state index in [4.69, 9.17) is 4.74 Å². The van der Waals surface area contributed by atoms with E-state index in [0.29, 0.717) is 29.2 Å². The first kappa shape index (κ1) is 20.6. The maximum atomic E-state index is 14.4. The van der Waals surface area contributed by atoms with Gasteiger partial charge in [-0.2, -0.15) is 0 Å². The number of anilines is 2. The van der Waals surface area contributed by atoms with Gasteiger partial charge in [0.15, 0.2) is 0 Å². The third kappa shape index (κ3) is 4.25. The van der Waals surface area contributed by atoms with Crippen molar-refractivity contribution in [1.29, 1.82) is 0 Å². The van der Waals surface area contributed by atoms with E-state index in [2.05, 4.69) is 15.6 Å². The van der Waals surface area contributed by atoms with Crippen molar-refractivity contribution in [2.45, 2.75) is 13.3 Å². The number of aromatic nitrogens is 1. The number of amides is 2. The van der Waals surface area contributed by atoms with Gasteiger partial charge in [-0.25, -0.2) is 4.39 Å². The first-order valence-corrected chi connectivity index (χ1v) is 10.5. The number of aryl methyl sites for hydroxylation is 1. The van der Waals surface area contributed by atoms with Crippen molar-refractivity contribution >= 4 is 34.1 Å². The van der Waals surface area contributed by atoms with E-state index >= 15 is 0 Å². The Morgan fingerprint density at radius 2 is 1.70 bits per heavy atom. The maximum Gasteiger partial charge on any atom is 0.255 e. The summed E-state index contributed by atoms with van der Waals surface area (Å²) in [4.78, 5) is 29.8. The quantitative estimate of drug-likeness (QED) is 0.461. The number of carbonyl (C=O) groups is 2. The third-order valence-electron chi connectivity index (χ3n) is 5.52. The summed E-state index contributed by atoms with van der Waals surface area (Å²) in [6.07, 6.45) is 0.825. The van der Waals surface area contributed by atoms with Gasteiger partial charge in [0.2, 0.25) is 0 Å². The molecule has 0 radical (unpaired) electrons. The van der Waals surface area contributed by atoms with Gasteiger partial charge in [0, 0.05) is 34.3 Å². The van der Waals surface area contributed by atoms with Crippen LogP contribution in [0.2, 0.25) is 0 Å². The Balaban J connectivity index is 1.33. The zero-order chi connectivity index (χ0) is 22.9. The molecule has 0 spiro atoms. The standard InChI is InChI=1S/C26H20FN3O3/c1-15-2-3-17-12-18(6-9-22(17)28-15)26(32)30-23-14-20(7-8-21(23)27)29-25(31)19-5-4-16-10-11-33-24(16)13-19/h2-9,12-14H,10-11H2,1H3,(H,29,31)(H,30,32). The van der Waals surface area contributed by atoms with Gasteiger partial charge in [-0.15, -0.1) is 0 Å². The molecule has 5 rings (SSSR count). The predicted molar refractivity (Wildman–Crippen MR) is 124 cm³/mol. The first-order valence-electron chi connectivity index (χ1n) is 10.5. The van der Waals surface area contributed by atoms with Crippen LogP contribution in [0.3, 0.4) is 0 Å². The molecule has 7 heteroatoms. The minimum atomic E-state index is -0.606. The summed E-state index contributed by atoms with van der Waals surface area (Å²) in [5.41, 5.74) is 3.87. The molecule has 0 saturated heterocycles. The lowest BCUT2D eigenvalue weighted by Gasteiger charge is -2.11. The number of hydrogen-bond donors (Lipinski definition) is 2. The van der Waals surface area contributed by atoms with Gasteiger partial charge in [0.05, 0.1) is 17.8 Å². The molecule has 2 heterocycles. The van der Waals surface area contributed by atoms with E-state index in [0.717, 1.165) is 28.6 Å². The molecule has 0 saturated carbocycles. The van der Waals surface area contributed by atoms with Gasteiger partial charge in [-0.1, -0.05) is 12.1 Å². The Bertz CT molecular complexity index is 1420. The van der Waals surface area contributed by atoms with Crippen LogP contribution in [-0.4, -0.2) is 23.4 Å². The smallest absolute Gasteiger partial charge is 0.255 e. The number of halogens is 1. The Kier molecular flexibility index (Phi) is 5.22. The van der Waals surface area contributed by atoms with Crippen LogP contribution in [0, 0.1) is 12.7 Å². The molecule has 2 amide bonds. The summed E-state index contributed by atoms with van der Waals surface area (Å²) < 4.78 is 19.9. The predicted octanol–water partition coefficient (Wildman–Crippen LogP) is 5.12. The van der Waals surface area contributed by atoms with E-state index in [-0.39, 0.29) is 11.6 Å². The Hall–Kier alpha value is -4.26. The van der Waals surface area contributed by atoms with Crippen molar-refractivity contribution in [2.75, 3.05) is 17.2 Å². The molecule has 2 N–H and O–H groups in total. The van der Waals surface area contributed by atoms with Crippen LogP contribution >= 0.6 is 0 Å². The van der Waals surface area contributed by atoms with Gasteiger partial charge < -0.3 is 15.4 Å². The zero-order valence-electron chi connectivity index (χ0n) is 17.8. The third-order valence-corrected chi connectivity index (χ3v) is 5.52. The van der Waals surface area contributed by atoms with Crippen LogP contribution in [0.1, 0.15) is 32.0 Å². The van der Waals surface area contributed by atoms with E-state index in [1.54, 1.807) is 30.3 Å². The molecule has 3 aromatic carbocycles. The molecular weight excluding hydrogens is 421 g/mol. The summed E-state index contributed by atoms with van der Waals surface area (Å²) in [7, 11) is 0. The lowest BCUT2D eigenvalue weighted by atomic mass is 10.1. The molecule has 1 aromatic heterocycles. The molecule has 1 aliphatic heterocycles. The molecule has 0 bridgehead atoms. The Morgan fingerprint density at radius 3 is 2.58 bits per heavy atom. The van der Waals surface area contributed by atoms with Crippen LogP contribution in [0.4, 0.5) is 15.8 Å². The van der Waals surface area contributed by atoms with Gasteiger partial charge >= 0.3 is 0 Å². The van der Waals surface area contributed by atoms with Crippen LogP contribution in [0.25, 0.3) is 10.9 Å². The Labute approximate surface area is 189 Å². The number of rotatable bonds is 4. The number of benzene rings is 3. The number of ether oxygens (including phenoxy) is 1. The molecule has 0 unspecified atom stereocenters. The van der Waals surface area contributed by atoms with E-state index < -0.39 is 11.7 Å². The molecule has 0 aliphatic carbocycles. The second kappa shape index (κ2) is 8.35. The lowest BCUT2D eigenvalue weighted by Crippen LogP contribution is -2.15. The van der Waals surface area contributed by atoms with E-state index in [1.807, 2.05) is 25.1 Å². The van der Waals surface area contributed by atoms with E-state index in [1.165, 1.54) is 18.2 Å². The van der Waals surface area contributed by atoms with Crippen molar-refractivity contribution in [3.8, 4) is 5.75 Å². The van der Waals surface area contributed by atoms with Gasteiger partial charge in [0.1, 0.15) is 11.6 Å². The summed E-state index contributed by atoms with van der Waals surface area (Å²) >= 11 is 0. The average molecular weight is 441 g/mol. The van der Waals surface area contributed by atoms with Crippen LogP contribution < -0.4 is 15.4 Å². The van der Waals surface area contributed by atoms with Crippen LogP contribution in [0.15, 0.2) is 66.7 Å². The zero-order valence-corrected chi connectivity index (χ0v) is 17.8. The van der Waals surface area contributed by atoms with Gasteiger partial charge in [-0.3, -0.25) is 14.6 Å². The highest BCUT2D eigenvalue weighted by Gasteiger charge is 2.16. The second-order valence-corrected chi connectivity index (χ2v) is 7.88. The van der Waals surface area contributed by atoms with Crippen LogP contribution in [0.5, 0.6) is 5.75 Å². The summed E-state index contributed by atoms with van der Waals surface area (Å²) in [5.74, 6) is -0.717. The molecule has 33 heavy (non-hydrogen) atoms. The van der Waals surface area contributed by atoms with Crippen molar-refractivity contribution in [3.63, 3.8) is 0 Å². The maximum absolute atomic E-state index is 14.4. The summed E-state index contributed by atoms with van der Waals surface area (Å²) in [6, 6.07) is 18.2. The SMILES string of the molecule is Cc1ccc2cc(C(=O)Nc3cc(NC(=O)c4ccc5c(c4)OCC5)ccc3F)ccc2n1. The minimum Gasteiger partial charge on any atom is -0.493 e. The molecular formula is C26H20FN3O3. The van der Waals surface area contributed by atoms with Gasteiger partial charge in [-0.05, 0) is 67.1 Å². The fraction of sp³-hybridized carbons (Fsp3) is 0.115. The molecule has 1 aliphatic rings. The normalized spacial score (nSPS) is 12.2. The van der Waals surface area contributed by atoms with Gasteiger partial charge in [0.25, 0.3) is 11.8 Å². The highest BCUT2D eigenvalue weighted by Crippen LogP contribution is 2.27. The molecule has 0 atom stereocenters. The lowest BCUT2D eigenvalue weighted by molar-refractivity contribution is 0.101. The fourth-order valence-electron chi connectivity index (χ4n) is 3.77. The average Bonchev–Trinajstić information content (AvgIpc) is 3.28. The summed E-state index contributed by atoms with van der Waals surface area (Å²) in [6.45, 7) is 2.50. The molecule has 164 valence electrons. The molecule has 0 fully saturated rings. The highest BCUT2D eigenvalue weighted by molar-refractivity contribution is 6.07. The van der Waals surface area contributed by atoms with Crippen molar-refractivity contribution in [2.24, 2.45) is 0 Å². The van der Waals surface area contributed by atoms with Crippen molar-refractivity contribution in [3.05, 3.63) is 94.9 Å². The van der Waals surface area contributed by atoms with Crippen LogP contribution in [-0.2, 0) is 6.42 Å². The largest absolute Gasteiger partial charge is 0.493 e. The number of hydrogen-bond acceptors (Lipinski definition) is 4. The monoisotopic (exact) mass is 441 g/mol. The number of nitrogens with one attached hydrogen (secondary N) is 2. The molecule has 6 nitrogen and oxygen atoms in total. The minimum absolute atomic E-state index is 0.0304. The summed E-state index contributed by atoms with van der Waals surface area (Å²) in [5, 5.41) is 6.14. The Morgan fingerprint density at radius 1 is 0.909 bits per heavy atom. The number of nitrogens with zero attached hydrogens (tertiary/aromatic N) is 1. The van der Waals surface area contributed by atoms with Crippen molar-refractivity contribution in [1.82, 2.24) is 4.98 Å². The van der Waals surface area contributed by atoms with E-state index in [9.17, 15) is 14.0 Å². The second-order valence-electron chi connectivity index (χ2n) is 7.88.